The zero-order valence-corrected chi connectivity index (χ0v) is 7.21. The van der Waals surface area contributed by atoms with E-state index in [4.69, 9.17) is 3.44 Å². The van der Waals surface area contributed by atoms with Crippen molar-refractivity contribution in [2.75, 3.05) is 0 Å². The van der Waals surface area contributed by atoms with E-state index in [1.807, 2.05) is 0 Å². The van der Waals surface area contributed by atoms with Crippen molar-refractivity contribution in [1.29, 1.82) is 0 Å². The number of halogens is 1. The van der Waals surface area contributed by atoms with Gasteiger partial charge in [-0.15, -0.1) is 0 Å². The highest BCUT2D eigenvalue weighted by molar-refractivity contribution is 14.1. The van der Waals surface area contributed by atoms with Crippen molar-refractivity contribution in [2.45, 2.75) is 13.8 Å². The van der Waals surface area contributed by atoms with Gasteiger partial charge in [0.2, 0.25) is 0 Å². The van der Waals surface area contributed by atoms with Crippen LogP contribution in [0.3, 0.4) is 0 Å². The average Bonchev–Trinajstić information content (AvgIpc) is 1.68. The van der Waals surface area contributed by atoms with Gasteiger partial charge in [0.05, 0.1) is 0 Å². The molecular formula is C4H7IO4. The van der Waals surface area contributed by atoms with Gasteiger partial charge in [-0.1, -0.05) is 0 Å². The van der Waals surface area contributed by atoms with E-state index in [0.717, 1.165) is 23.0 Å². The van der Waals surface area contributed by atoms with Crippen molar-refractivity contribution in [2.24, 2.45) is 0 Å². The summed E-state index contributed by atoms with van der Waals surface area (Å²) in [4.78, 5) is 19.6. The summed E-state index contributed by atoms with van der Waals surface area (Å²) in [5.74, 6) is -1.12. The molecule has 0 unspecified atom stereocenters. The fraction of sp³-hybridized carbons (Fsp3) is 0.500. The van der Waals surface area contributed by atoms with Crippen molar-refractivity contribution < 1.29 is 17.8 Å². The van der Waals surface area contributed by atoms with E-state index >= 15 is 0 Å². The molecule has 54 valence electrons. The quantitative estimate of drug-likeness (QED) is 0.382. The molecule has 4 nitrogen and oxygen atoms in total. The predicted octanol–water partition coefficient (Wildman–Crippen LogP) is 0.425. The van der Waals surface area contributed by atoms with Crippen LogP contribution >= 0.6 is 23.0 Å². The van der Waals surface area contributed by atoms with Gasteiger partial charge in [-0.2, -0.15) is 0 Å². The topological polar surface area (TPSA) is 63.6 Å². The summed E-state index contributed by atoms with van der Waals surface area (Å²) in [6.45, 7) is 2.36. The molecule has 0 fully saturated rings. The second kappa shape index (κ2) is 7.83. The lowest BCUT2D eigenvalue weighted by Crippen LogP contribution is -2.03. The maximum Gasteiger partial charge on any atom is 0.310 e. The first-order valence-corrected chi connectivity index (χ1v) is 2.95. The van der Waals surface area contributed by atoms with E-state index in [2.05, 4.69) is 4.74 Å². The first-order chi connectivity index (χ1) is 4.13. The third kappa shape index (κ3) is 18.1. The Morgan fingerprint density at radius 3 is 1.44 bits per heavy atom. The summed E-state index contributed by atoms with van der Waals surface area (Å²) in [5, 5.41) is 0. The molecule has 0 aliphatic carbocycles. The van der Waals surface area contributed by atoms with Gasteiger partial charge in [0.25, 0.3) is 0 Å². The number of hydrogen-bond acceptors (Lipinski definition) is 4. The summed E-state index contributed by atoms with van der Waals surface area (Å²) in [6.07, 6.45) is 0. The molecule has 0 aliphatic rings. The molecule has 0 radical (unpaired) electrons. The molecular weight excluding hydrogens is 239 g/mol. The average molecular weight is 246 g/mol. The largest absolute Gasteiger partial charge is 0.394 e. The Bertz CT molecular complexity index is 88.7. The van der Waals surface area contributed by atoms with E-state index in [-0.39, 0.29) is 0 Å². The first kappa shape index (κ1) is 11.6. The fourth-order valence-corrected chi connectivity index (χ4v) is 0.202. The molecule has 0 saturated heterocycles. The predicted molar refractivity (Wildman–Crippen MR) is 38.7 cm³/mol. The molecule has 0 rings (SSSR count). The van der Waals surface area contributed by atoms with Gasteiger partial charge >= 0.3 is 11.9 Å². The molecule has 0 aliphatic heterocycles. The van der Waals surface area contributed by atoms with Gasteiger partial charge < -0.3 is 8.17 Å². The monoisotopic (exact) mass is 246 g/mol. The Balaban J connectivity index is 0. The molecule has 9 heavy (non-hydrogen) atoms. The van der Waals surface area contributed by atoms with Crippen LogP contribution in [0.2, 0.25) is 0 Å². The molecule has 0 saturated carbocycles. The van der Waals surface area contributed by atoms with Crippen LogP contribution in [-0.4, -0.2) is 15.4 Å². The number of carbonyl (C=O) groups is 2. The highest BCUT2D eigenvalue weighted by atomic mass is 127. The SMILES string of the molecule is CC(=O)OC(C)=O.OI. The number of carbonyl (C=O) groups excluding carboxylic acids is 2. The molecule has 1 N–H and O–H groups in total. The third-order valence-corrected chi connectivity index (χ3v) is 0.287. The number of ether oxygens (including phenoxy) is 1. The van der Waals surface area contributed by atoms with E-state index in [1.165, 1.54) is 13.8 Å². The van der Waals surface area contributed by atoms with Crippen LogP contribution in [0.15, 0.2) is 0 Å². The van der Waals surface area contributed by atoms with Gasteiger partial charge in [0.15, 0.2) is 0 Å². The van der Waals surface area contributed by atoms with E-state index in [1.54, 1.807) is 0 Å². The fourth-order valence-electron chi connectivity index (χ4n) is 0.202. The van der Waals surface area contributed by atoms with E-state index in [0.29, 0.717) is 0 Å². The van der Waals surface area contributed by atoms with Crippen molar-refractivity contribution >= 4 is 34.9 Å². The van der Waals surface area contributed by atoms with Crippen molar-refractivity contribution in [1.82, 2.24) is 0 Å². The van der Waals surface area contributed by atoms with Gasteiger partial charge in [-0.25, -0.2) is 0 Å². The second-order valence-electron chi connectivity index (χ2n) is 1.09. The molecule has 0 aromatic rings. The van der Waals surface area contributed by atoms with Crippen LogP contribution in [-0.2, 0) is 14.3 Å². The van der Waals surface area contributed by atoms with Crippen LogP contribution in [0.1, 0.15) is 13.8 Å². The lowest BCUT2D eigenvalue weighted by atomic mass is 10.7. The summed E-state index contributed by atoms with van der Waals surface area (Å²) in [6, 6.07) is 0. The summed E-state index contributed by atoms with van der Waals surface area (Å²) in [7, 11) is 0. The minimum absolute atomic E-state index is 0.562. The highest BCUT2D eigenvalue weighted by Gasteiger charge is 1.93. The zero-order valence-electron chi connectivity index (χ0n) is 5.05. The molecule has 0 atom stereocenters. The molecule has 0 spiro atoms. The third-order valence-electron chi connectivity index (χ3n) is 0.287. The standard InChI is InChI=1S/C4H6O3.HIO/c1-3(5)7-4(2)6;1-2/h1-2H3;2H. The lowest BCUT2D eigenvalue weighted by molar-refractivity contribution is -0.156. The Hall–Kier alpha value is -0.170. The molecule has 5 heteroatoms. The number of esters is 2. The van der Waals surface area contributed by atoms with Gasteiger partial charge in [-0.3, -0.25) is 9.59 Å². The second-order valence-corrected chi connectivity index (χ2v) is 1.09. The minimum atomic E-state index is -0.562. The summed E-state index contributed by atoms with van der Waals surface area (Å²) >= 11 is 1.15. The molecule has 0 aromatic carbocycles. The maximum absolute atomic E-state index is 9.81. The maximum atomic E-state index is 9.81. The highest BCUT2D eigenvalue weighted by Crippen LogP contribution is 1.73. The van der Waals surface area contributed by atoms with Crippen LogP contribution in [0, 0.1) is 0 Å². The Morgan fingerprint density at radius 1 is 1.22 bits per heavy atom. The normalized spacial score (nSPS) is 6.67. The molecule has 0 heterocycles. The van der Waals surface area contributed by atoms with Crippen LogP contribution in [0.25, 0.3) is 0 Å². The Labute approximate surface area is 66.9 Å². The number of rotatable bonds is 0. The van der Waals surface area contributed by atoms with Gasteiger partial charge in [0.1, 0.15) is 23.0 Å². The smallest absolute Gasteiger partial charge is 0.310 e. The first-order valence-electron chi connectivity index (χ1n) is 1.99. The van der Waals surface area contributed by atoms with Crippen LogP contribution < -0.4 is 0 Å². The Morgan fingerprint density at radius 2 is 1.44 bits per heavy atom. The van der Waals surface area contributed by atoms with E-state index < -0.39 is 11.9 Å². The van der Waals surface area contributed by atoms with Crippen molar-refractivity contribution in [3.05, 3.63) is 0 Å². The molecule has 0 aromatic heterocycles. The minimum Gasteiger partial charge on any atom is -0.394 e. The van der Waals surface area contributed by atoms with E-state index in [9.17, 15) is 9.59 Å². The Kier molecular flexibility index (Phi) is 10.1. The summed E-state index contributed by atoms with van der Waals surface area (Å²) < 4.78 is 10.9. The molecule has 0 amide bonds. The van der Waals surface area contributed by atoms with Crippen molar-refractivity contribution in [3.8, 4) is 0 Å². The summed E-state index contributed by atoms with van der Waals surface area (Å²) in [5.41, 5.74) is 0. The van der Waals surface area contributed by atoms with Crippen molar-refractivity contribution in [3.63, 3.8) is 0 Å². The van der Waals surface area contributed by atoms with Gasteiger partial charge in [-0.05, 0) is 0 Å². The molecule has 0 bridgehead atoms. The zero-order chi connectivity index (χ0) is 7.86. The number of hydrogen-bond donors (Lipinski definition) is 1. The van der Waals surface area contributed by atoms with Crippen LogP contribution in [0.4, 0.5) is 0 Å². The van der Waals surface area contributed by atoms with Crippen LogP contribution in [0.5, 0.6) is 0 Å². The van der Waals surface area contributed by atoms with Gasteiger partial charge in [0, 0.05) is 13.8 Å². The lowest BCUT2D eigenvalue weighted by Gasteiger charge is -1.87.